The minimum atomic E-state index is -0.694. The fourth-order valence-electron chi connectivity index (χ4n) is 3.35. The molecule has 1 atom stereocenters. The molecule has 0 saturated heterocycles. The van der Waals surface area contributed by atoms with Crippen molar-refractivity contribution < 1.29 is 9.53 Å². The molecule has 6 nitrogen and oxygen atoms in total. The van der Waals surface area contributed by atoms with Gasteiger partial charge in [-0.25, -0.2) is 0 Å². The van der Waals surface area contributed by atoms with E-state index in [9.17, 15) is 4.79 Å². The van der Waals surface area contributed by atoms with Gasteiger partial charge >= 0.3 is 0 Å². The van der Waals surface area contributed by atoms with E-state index in [2.05, 4.69) is 15.2 Å². The van der Waals surface area contributed by atoms with Crippen molar-refractivity contribution in [2.75, 3.05) is 16.9 Å². The molecule has 0 radical (unpaired) electrons. The van der Waals surface area contributed by atoms with Crippen molar-refractivity contribution in [2.24, 2.45) is 0 Å². The Morgan fingerprint density at radius 2 is 1.94 bits per heavy atom. The molecular weight excluding hydrogens is 452 g/mol. The highest BCUT2D eigenvalue weighted by molar-refractivity contribution is 7.99. The average Bonchev–Trinajstić information content (AvgIpc) is 2.93. The number of anilines is 1. The topological polar surface area (TPSA) is 68.2 Å². The average molecular weight is 473 g/mol. The van der Waals surface area contributed by atoms with E-state index in [0.29, 0.717) is 39.4 Å². The number of halogens is 1. The summed E-state index contributed by atoms with van der Waals surface area (Å²) in [5.41, 5.74) is 2.65. The third-order valence-corrected chi connectivity index (χ3v) is 6.51. The first-order valence-corrected chi connectivity index (χ1v) is 12.4. The summed E-state index contributed by atoms with van der Waals surface area (Å²) in [5.74, 6) is 1.06. The molecule has 1 unspecified atom stereocenters. The van der Waals surface area contributed by atoms with E-state index in [1.54, 1.807) is 28.8 Å². The number of amides is 1. The second kappa shape index (κ2) is 9.46. The van der Waals surface area contributed by atoms with Gasteiger partial charge in [0.1, 0.15) is 0 Å². The lowest BCUT2D eigenvalue weighted by Crippen LogP contribution is -2.37. The van der Waals surface area contributed by atoms with Crippen LogP contribution in [0.25, 0.3) is 11.3 Å². The van der Waals surface area contributed by atoms with Crippen LogP contribution in [0, 0.1) is 0 Å². The summed E-state index contributed by atoms with van der Waals surface area (Å²) < 4.78 is 6.39. The van der Waals surface area contributed by atoms with Gasteiger partial charge in [0.05, 0.1) is 5.69 Å². The number of carbonyl (C=O) groups excluding carboxylic acids is 1. The smallest absolute Gasteiger partial charge is 0.247 e. The van der Waals surface area contributed by atoms with Crippen LogP contribution in [-0.2, 0) is 4.79 Å². The number of ether oxygens (including phenoxy) is 1. The van der Waals surface area contributed by atoms with Gasteiger partial charge in [-0.1, -0.05) is 49.3 Å². The molecule has 0 spiro atoms. The predicted octanol–water partition coefficient (Wildman–Crippen LogP) is 5.86. The van der Waals surface area contributed by atoms with Crippen LogP contribution >= 0.6 is 35.1 Å². The van der Waals surface area contributed by atoms with Gasteiger partial charge in [0.25, 0.3) is 0 Å². The molecule has 1 amide bonds. The van der Waals surface area contributed by atoms with Crippen LogP contribution in [0.2, 0.25) is 5.02 Å². The van der Waals surface area contributed by atoms with E-state index in [1.165, 1.54) is 11.8 Å². The first kappa shape index (κ1) is 21.9. The number of hydrogen-bond acceptors (Lipinski definition) is 7. The van der Waals surface area contributed by atoms with Gasteiger partial charge in [-0.15, -0.1) is 22.0 Å². The number of hydrogen-bond donors (Lipinski definition) is 0. The van der Waals surface area contributed by atoms with E-state index in [1.807, 2.05) is 50.4 Å². The SMILES string of the molecule is CCSc1nnc2c(n1)OC(c1ccc(SC)cc1)N(C(=O)CC)c1ccc(Cl)cc1-2. The predicted molar refractivity (Wildman–Crippen MR) is 126 cm³/mol. The van der Waals surface area contributed by atoms with Crippen LogP contribution in [0.5, 0.6) is 5.88 Å². The first-order chi connectivity index (χ1) is 15.0. The monoisotopic (exact) mass is 472 g/mol. The van der Waals surface area contributed by atoms with Gasteiger partial charge in [-0.3, -0.25) is 9.69 Å². The largest absolute Gasteiger partial charge is 0.447 e. The Kier molecular flexibility index (Phi) is 6.69. The number of nitrogens with zero attached hydrogens (tertiary/aromatic N) is 4. The highest BCUT2D eigenvalue weighted by Crippen LogP contribution is 2.44. The molecule has 160 valence electrons. The summed E-state index contributed by atoms with van der Waals surface area (Å²) in [6.07, 6.45) is 1.65. The van der Waals surface area contributed by atoms with Crippen molar-refractivity contribution in [3.05, 3.63) is 53.1 Å². The number of thioether (sulfide) groups is 2. The maximum atomic E-state index is 13.1. The van der Waals surface area contributed by atoms with Crippen LogP contribution in [0.15, 0.2) is 52.5 Å². The van der Waals surface area contributed by atoms with Gasteiger partial charge in [-0.2, -0.15) is 4.98 Å². The zero-order valence-electron chi connectivity index (χ0n) is 17.3. The molecule has 0 bridgehead atoms. The van der Waals surface area contributed by atoms with E-state index < -0.39 is 6.23 Å². The Balaban J connectivity index is 1.94. The zero-order chi connectivity index (χ0) is 22.0. The molecule has 31 heavy (non-hydrogen) atoms. The molecular formula is C22H21ClN4O2S2. The summed E-state index contributed by atoms with van der Waals surface area (Å²) in [5, 5.41) is 9.69. The van der Waals surface area contributed by atoms with Crippen LogP contribution in [0.3, 0.4) is 0 Å². The van der Waals surface area contributed by atoms with Crippen molar-refractivity contribution in [1.29, 1.82) is 0 Å². The molecule has 1 aliphatic heterocycles. The van der Waals surface area contributed by atoms with E-state index in [0.717, 1.165) is 16.2 Å². The number of fused-ring (bicyclic) bond motifs is 3. The zero-order valence-corrected chi connectivity index (χ0v) is 19.7. The van der Waals surface area contributed by atoms with Gasteiger partial charge in [0, 0.05) is 27.5 Å². The quantitative estimate of drug-likeness (QED) is 0.430. The molecule has 9 heteroatoms. The van der Waals surface area contributed by atoms with Crippen molar-refractivity contribution in [2.45, 2.75) is 36.5 Å². The summed E-state index contributed by atoms with van der Waals surface area (Å²) in [6.45, 7) is 3.85. The van der Waals surface area contributed by atoms with E-state index in [4.69, 9.17) is 16.3 Å². The van der Waals surface area contributed by atoms with E-state index in [-0.39, 0.29) is 5.91 Å². The number of aromatic nitrogens is 3. The fraction of sp³-hybridized carbons (Fsp3) is 0.273. The standard InChI is InChI=1S/C22H21ClN4O2S2/c1-4-18(28)27-17-11-8-14(23)12-16(17)19-20(24-22(26-25-19)31-5-2)29-21(27)13-6-9-15(30-3)10-7-13/h6-12,21H,4-5H2,1-3H3. The molecule has 2 heterocycles. The minimum Gasteiger partial charge on any atom is -0.447 e. The molecule has 0 N–H and O–H groups in total. The third kappa shape index (κ3) is 4.37. The number of rotatable bonds is 5. The third-order valence-electron chi connectivity index (χ3n) is 4.81. The van der Waals surface area contributed by atoms with Crippen molar-refractivity contribution in [1.82, 2.24) is 15.2 Å². The lowest BCUT2D eigenvalue weighted by molar-refractivity contribution is -0.120. The minimum absolute atomic E-state index is 0.0774. The normalized spacial score (nSPS) is 15.0. The Morgan fingerprint density at radius 1 is 1.16 bits per heavy atom. The molecule has 0 aliphatic carbocycles. The fourth-order valence-corrected chi connectivity index (χ4v) is 4.44. The summed E-state index contributed by atoms with van der Waals surface area (Å²) in [7, 11) is 0. The molecule has 2 aromatic carbocycles. The Morgan fingerprint density at radius 3 is 2.61 bits per heavy atom. The number of benzene rings is 2. The maximum Gasteiger partial charge on any atom is 0.247 e. The summed E-state index contributed by atoms with van der Waals surface area (Å²) in [4.78, 5) is 20.5. The van der Waals surface area contributed by atoms with Gasteiger partial charge in [0.2, 0.25) is 23.2 Å². The Labute approximate surface area is 194 Å². The molecule has 3 aromatic rings. The number of carbonyl (C=O) groups is 1. The molecule has 4 rings (SSSR count). The van der Waals surface area contributed by atoms with Crippen molar-refractivity contribution in [3.63, 3.8) is 0 Å². The van der Waals surface area contributed by atoms with E-state index >= 15 is 0 Å². The van der Waals surface area contributed by atoms with Crippen LogP contribution in [0.4, 0.5) is 5.69 Å². The second-order valence-corrected chi connectivity index (χ2v) is 9.25. The highest BCUT2D eigenvalue weighted by atomic mass is 35.5. The highest BCUT2D eigenvalue weighted by Gasteiger charge is 2.35. The Hall–Kier alpha value is -2.29. The molecule has 0 fully saturated rings. The van der Waals surface area contributed by atoms with Crippen LogP contribution < -0.4 is 9.64 Å². The first-order valence-electron chi connectivity index (χ1n) is 9.85. The molecule has 0 saturated carbocycles. The van der Waals surface area contributed by atoms with Gasteiger partial charge in [0.15, 0.2) is 5.69 Å². The summed E-state index contributed by atoms with van der Waals surface area (Å²) >= 11 is 9.44. The second-order valence-electron chi connectivity index (χ2n) is 6.70. The van der Waals surface area contributed by atoms with Crippen molar-refractivity contribution >= 4 is 46.7 Å². The maximum absolute atomic E-state index is 13.1. The Bertz CT molecular complexity index is 1110. The van der Waals surface area contributed by atoms with Crippen LogP contribution in [0.1, 0.15) is 32.1 Å². The lowest BCUT2D eigenvalue weighted by Gasteiger charge is -2.30. The van der Waals surface area contributed by atoms with Crippen LogP contribution in [-0.4, -0.2) is 33.1 Å². The van der Waals surface area contributed by atoms with Gasteiger partial charge in [-0.05, 0) is 42.3 Å². The van der Waals surface area contributed by atoms with Gasteiger partial charge < -0.3 is 4.74 Å². The lowest BCUT2D eigenvalue weighted by atomic mass is 10.1. The van der Waals surface area contributed by atoms with Crippen molar-refractivity contribution in [3.8, 4) is 17.1 Å². The molecule has 1 aliphatic rings. The summed E-state index contributed by atoms with van der Waals surface area (Å²) in [6, 6.07) is 13.3. The molecule has 1 aromatic heterocycles.